The van der Waals surface area contributed by atoms with E-state index >= 15 is 0 Å². The van der Waals surface area contributed by atoms with E-state index in [1.165, 1.54) is 32.1 Å². The molecule has 2 nitrogen and oxygen atoms in total. The Labute approximate surface area is 74.0 Å². The van der Waals surface area contributed by atoms with E-state index in [0.717, 1.165) is 18.8 Å². The second-order valence-corrected chi connectivity index (χ2v) is 3.79. The van der Waals surface area contributed by atoms with Crippen molar-refractivity contribution in [3.05, 3.63) is 0 Å². The van der Waals surface area contributed by atoms with Crippen molar-refractivity contribution >= 4 is 5.97 Å². The maximum Gasteiger partial charge on any atom is 0.303 e. The highest BCUT2D eigenvalue weighted by molar-refractivity contribution is 5.66. The number of hydrogen-bond donors (Lipinski definition) is 1. The largest absolute Gasteiger partial charge is 0.481 e. The number of aliphatic carboxylic acids is 1. The van der Waals surface area contributed by atoms with Gasteiger partial charge >= 0.3 is 5.97 Å². The summed E-state index contributed by atoms with van der Waals surface area (Å²) in [5.41, 5.74) is 0. The first-order chi connectivity index (χ1) is 5.79. The van der Waals surface area contributed by atoms with Gasteiger partial charge in [0.05, 0.1) is 0 Å². The minimum absolute atomic E-state index is 0.354. The molecule has 0 amide bonds. The van der Waals surface area contributed by atoms with E-state index < -0.39 is 5.97 Å². The molecule has 12 heavy (non-hydrogen) atoms. The molecule has 1 fully saturated rings. The molecule has 0 heterocycles. The van der Waals surface area contributed by atoms with Crippen LogP contribution in [0, 0.1) is 5.92 Å². The van der Waals surface area contributed by atoms with Crippen LogP contribution in [-0.4, -0.2) is 11.1 Å². The van der Waals surface area contributed by atoms with Crippen LogP contribution in [0.5, 0.6) is 0 Å². The quantitative estimate of drug-likeness (QED) is 0.644. The maximum absolute atomic E-state index is 10.2. The highest BCUT2D eigenvalue weighted by atomic mass is 16.4. The van der Waals surface area contributed by atoms with E-state index in [2.05, 4.69) is 0 Å². The fraction of sp³-hybridized carbons (Fsp3) is 0.900. The molecule has 0 saturated heterocycles. The summed E-state index contributed by atoms with van der Waals surface area (Å²) in [6, 6.07) is 0. The average molecular weight is 170 g/mol. The summed E-state index contributed by atoms with van der Waals surface area (Å²) in [6.45, 7) is 0. The van der Waals surface area contributed by atoms with E-state index in [0.29, 0.717) is 6.42 Å². The predicted molar refractivity (Wildman–Crippen MR) is 48.1 cm³/mol. The third kappa shape index (κ3) is 3.74. The molecule has 0 atom stereocenters. The van der Waals surface area contributed by atoms with Crippen molar-refractivity contribution < 1.29 is 9.90 Å². The predicted octanol–water partition coefficient (Wildman–Crippen LogP) is 2.82. The lowest BCUT2D eigenvalue weighted by Crippen LogP contribution is -1.96. The molecule has 0 radical (unpaired) electrons. The molecule has 1 rings (SSSR count). The zero-order valence-corrected chi connectivity index (χ0v) is 7.59. The van der Waals surface area contributed by atoms with Crippen LogP contribution in [0.25, 0.3) is 0 Å². The van der Waals surface area contributed by atoms with E-state index in [9.17, 15) is 4.79 Å². The normalized spacial score (nSPS) is 18.3. The second-order valence-electron chi connectivity index (χ2n) is 3.79. The Morgan fingerprint density at radius 2 is 1.92 bits per heavy atom. The van der Waals surface area contributed by atoms with Crippen molar-refractivity contribution in [2.75, 3.05) is 0 Å². The Hall–Kier alpha value is -0.530. The van der Waals surface area contributed by atoms with E-state index in [1.807, 2.05) is 0 Å². The molecular formula is C10H18O2. The van der Waals surface area contributed by atoms with Crippen LogP contribution in [0.1, 0.15) is 51.4 Å². The highest BCUT2D eigenvalue weighted by Crippen LogP contribution is 2.28. The van der Waals surface area contributed by atoms with Gasteiger partial charge < -0.3 is 5.11 Å². The van der Waals surface area contributed by atoms with Crippen LogP contribution in [0.15, 0.2) is 0 Å². The lowest BCUT2D eigenvalue weighted by atomic mass is 10.00. The number of unbranched alkanes of at least 4 members (excludes halogenated alkanes) is 1. The molecule has 0 spiro atoms. The second kappa shape index (κ2) is 5.18. The summed E-state index contributed by atoms with van der Waals surface area (Å²) >= 11 is 0. The Morgan fingerprint density at radius 3 is 2.50 bits per heavy atom. The van der Waals surface area contributed by atoms with Crippen LogP contribution in [0.2, 0.25) is 0 Å². The Kier molecular flexibility index (Phi) is 4.12. The average Bonchev–Trinajstić information content (AvgIpc) is 2.49. The number of carbonyl (C=O) groups is 1. The number of rotatable bonds is 5. The van der Waals surface area contributed by atoms with E-state index in [4.69, 9.17) is 5.11 Å². The summed E-state index contributed by atoms with van der Waals surface area (Å²) in [5.74, 6) is 0.264. The summed E-state index contributed by atoms with van der Waals surface area (Å²) < 4.78 is 0. The summed E-state index contributed by atoms with van der Waals surface area (Å²) in [7, 11) is 0. The minimum Gasteiger partial charge on any atom is -0.481 e. The van der Waals surface area contributed by atoms with Crippen LogP contribution in [-0.2, 0) is 4.79 Å². The lowest BCUT2D eigenvalue weighted by molar-refractivity contribution is -0.137. The molecule has 2 heteroatoms. The van der Waals surface area contributed by atoms with Gasteiger partial charge in [0, 0.05) is 6.42 Å². The summed E-state index contributed by atoms with van der Waals surface area (Å²) in [6.07, 6.45) is 9.14. The van der Waals surface area contributed by atoms with Gasteiger partial charge in [0.1, 0.15) is 0 Å². The number of carboxylic acids is 1. The summed E-state index contributed by atoms with van der Waals surface area (Å²) in [5, 5.41) is 8.41. The van der Waals surface area contributed by atoms with Crippen LogP contribution in [0.4, 0.5) is 0 Å². The maximum atomic E-state index is 10.2. The Bertz CT molecular complexity index is 137. The van der Waals surface area contributed by atoms with Crippen molar-refractivity contribution in [3.63, 3.8) is 0 Å². The molecule has 0 aromatic heterocycles. The lowest BCUT2D eigenvalue weighted by Gasteiger charge is -2.06. The Morgan fingerprint density at radius 1 is 1.25 bits per heavy atom. The molecule has 0 bridgehead atoms. The zero-order valence-electron chi connectivity index (χ0n) is 7.59. The van der Waals surface area contributed by atoms with Crippen molar-refractivity contribution in [1.82, 2.24) is 0 Å². The van der Waals surface area contributed by atoms with Gasteiger partial charge in [0.15, 0.2) is 0 Å². The van der Waals surface area contributed by atoms with Crippen LogP contribution in [0.3, 0.4) is 0 Å². The summed E-state index contributed by atoms with van der Waals surface area (Å²) in [4.78, 5) is 10.2. The molecule has 70 valence electrons. The monoisotopic (exact) mass is 170 g/mol. The third-order valence-corrected chi connectivity index (χ3v) is 2.73. The molecule has 0 aromatic carbocycles. The number of carboxylic acid groups (broad SMARTS) is 1. The molecule has 1 aliphatic carbocycles. The molecule has 1 aliphatic rings. The molecular weight excluding hydrogens is 152 g/mol. The molecule has 1 saturated carbocycles. The Balaban J connectivity index is 1.91. The smallest absolute Gasteiger partial charge is 0.303 e. The molecule has 1 N–H and O–H groups in total. The highest BCUT2D eigenvalue weighted by Gasteiger charge is 2.13. The first kappa shape index (κ1) is 9.56. The van der Waals surface area contributed by atoms with Gasteiger partial charge in [0.2, 0.25) is 0 Å². The minimum atomic E-state index is -0.651. The van der Waals surface area contributed by atoms with Crippen LogP contribution >= 0.6 is 0 Å². The van der Waals surface area contributed by atoms with Gasteiger partial charge in [-0.3, -0.25) is 4.79 Å². The van der Waals surface area contributed by atoms with E-state index in [-0.39, 0.29) is 0 Å². The molecule has 0 aliphatic heterocycles. The van der Waals surface area contributed by atoms with Gasteiger partial charge in [-0.2, -0.15) is 0 Å². The van der Waals surface area contributed by atoms with Gasteiger partial charge in [0.25, 0.3) is 0 Å². The molecule has 0 unspecified atom stereocenters. The first-order valence-electron chi connectivity index (χ1n) is 5.01. The standard InChI is InChI=1S/C10H18O2/c11-10(12)8-4-3-7-9-5-1-2-6-9/h9H,1-8H2,(H,11,12). The van der Waals surface area contributed by atoms with Crippen LogP contribution < -0.4 is 0 Å². The van der Waals surface area contributed by atoms with Crippen molar-refractivity contribution in [2.24, 2.45) is 5.92 Å². The zero-order chi connectivity index (χ0) is 8.81. The van der Waals surface area contributed by atoms with Crippen molar-refractivity contribution in [2.45, 2.75) is 51.4 Å². The van der Waals surface area contributed by atoms with Gasteiger partial charge in [-0.25, -0.2) is 0 Å². The van der Waals surface area contributed by atoms with Crippen molar-refractivity contribution in [3.8, 4) is 0 Å². The van der Waals surface area contributed by atoms with Crippen molar-refractivity contribution in [1.29, 1.82) is 0 Å². The van der Waals surface area contributed by atoms with Gasteiger partial charge in [-0.05, 0) is 12.3 Å². The van der Waals surface area contributed by atoms with Gasteiger partial charge in [-0.15, -0.1) is 0 Å². The first-order valence-corrected chi connectivity index (χ1v) is 5.01. The fourth-order valence-electron chi connectivity index (χ4n) is 2.01. The topological polar surface area (TPSA) is 37.3 Å². The SMILES string of the molecule is O=C(O)CCCCC1CCCC1. The fourth-order valence-corrected chi connectivity index (χ4v) is 2.01. The van der Waals surface area contributed by atoms with E-state index in [1.54, 1.807) is 0 Å². The molecule has 0 aromatic rings. The van der Waals surface area contributed by atoms with Gasteiger partial charge in [-0.1, -0.05) is 38.5 Å². The third-order valence-electron chi connectivity index (χ3n) is 2.73. The number of hydrogen-bond acceptors (Lipinski definition) is 1.